The fourth-order valence-electron chi connectivity index (χ4n) is 5.60. The van der Waals surface area contributed by atoms with Crippen molar-refractivity contribution >= 4 is 92.9 Å². The van der Waals surface area contributed by atoms with Gasteiger partial charge in [-0.2, -0.15) is 45.7 Å². The van der Waals surface area contributed by atoms with E-state index in [1.165, 1.54) is 48.5 Å². The molecule has 6 aromatic carbocycles. The third kappa shape index (κ3) is 10.4. The van der Waals surface area contributed by atoms with Gasteiger partial charge in [0.25, 0.3) is 36.3 Å². The molecule has 21 heteroatoms. The van der Waals surface area contributed by atoms with Gasteiger partial charge in [0.15, 0.2) is 0 Å². The Morgan fingerprint density at radius 1 is 0.492 bits per heavy atom. The Labute approximate surface area is 337 Å². The molecule has 0 aliphatic rings. The smallest absolute Gasteiger partial charge is 0.322 e. The molecule has 0 aliphatic carbocycles. The summed E-state index contributed by atoms with van der Waals surface area (Å²) in [6, 6.07) is 26.1. The second-order valence-corrected chi connectivity index (χ2v) is 16.9. The zero-order valence-corrected chi connectivity index (χ0v) is 33.0. The summed E-state index contributed by atoms with van der Waals surface area (Å²) in [5.74, 6) is -0.698. The maximum atomic E-state index is 13.1. The molecule has 0 aliphatic heterocycles. The van der Waals surface area contributed by atoms with Gasteiger partial charge in [-0.05, 0) is 128 Å². The highest BCUT2D eigenvalue weighted by molar-refractivity contribution is 7.86. The van der Waals surface area contributed by atoms with E-state index in [2.05, 4.69) is 36.4 Å². The topological polar surface area (TPSA) is 283 Å². The van der Waals surface area contributed by atoms with Gasteiger partial charge in [0, 0.05) is 33.4 Å². The molecule has 0 atom stereocenters. The van der Waals surface area contributed by atoms with Crippen LogP contribution in [0.2, 0.25) is 0 Å². The first-order valence-electron chi connectivity index (χ1n) is 16.9. The SMILES string of the molecule is Cc1cc(N=Nc2ccc(NC(=O)Nc3ccc(S(=O)(=O)O)cc3)cc2C)ccc1N=Nc1ccc(C(=O)Nc2cc(S(=O)(=O)O)c3cccc(S(=O)(=O)O)c3c2)cc1. The summed E-state index contributed by atoms with van der Waals surface area (Å²) in [6.45, 7) is 3.59. The molecule has 0 fully saturated rings. The van der Waals surface area contributed by atoms with E-state index < -0.39 is 52.1 Å². The number of benzene rings is 6. The van der Waals surface area contributed by atoms with Gasteiger partial charge in [-0.1, -0.05) is 12.1 Å². The lowest BCUT2D eigenvalue weighted by molar-refractivity contribution is 0.102. The van der Waals surface area contributed by atoms with Crippen LogP contribution in [0.3, 0.4) is 0 Å². The monoisotopic (exact) mass is 857 g/mol. The predicted molar refractivity (Wildman–Crippen MR) is 218 cm³/mol. The van der Waals surface area contributed by atoms with Gasteiger partial charge >= 0.3 is 6.03 Å². The van der Waals surface area contributed by atoms with E-state index in [0.29, 0.717) is 39.7 Å². The van der Waals surface area contributed by atoms with E-state index in [4.69, 9.17) is 4.55 Å². The molecule has 0 aromatic heterocycles. The van der Waals surface area contributed by atoms with Crippen molar-refractivity contribution in [2.45, 2.75) is 28.5 Å². The van der Waals surface area contributed by atoms with Gasteiger partial charge < -0.3 is 16.0 Å². The van der Waals surface area contributed by atoms with E-state index in [1.807, 2.05) is 0 Å². The Hall–Kier alpha value is -6.75. The second-order valence-electron chi connectivity index (χ2n) is 12.7. The van der Waals surface area contributed by atoms with Crippen LogP contribution in [0.25, 0.3) is 10.8 Å². The normalized spacial score (nSPS) is 12.2. The Morgan fingerprint density at radius 2 is 1.05 bits per heavy atom. The molecular formula is C38H31N7O11S3. The number of amides is 3. The van der Waals surface area contributed by atoms with Crippen LogP contribution in [0.1, 0.15) is 21.5 Å². The molecule has 18 nitrogen and oxygen atoms in total. The molecule has 3 amide bonds. The summed E-state index contributed by atoms with van der Waals surface area (Å²) in [5.41, 5.74) is 4.17. The van der Waals surface area contributed by atoms with E-state index in [9.17, 15) is 43.9 Å². The summed E-state index contributed by atoms with van der Waals surface area (Å²) in [4.78, 5) is 23.9. The van der Waals surface area contributed by atoms with Crippen LogP contribution in [-0.2, 0) is 30.4 Å². The van der Waals surface area contributed by atoms with Gasteiger partial charge in [0.05, 0.1) is 27.6 Å². The number of anilines is 3. The van der Waals surface area contributed by atoms with Gasteiger partial charge in [-0.25, -0.2) is 4.79 Å². The van der Waals surface area contributed by atoms with Crippen LogP contribution in [0.4, 0.5) is 44.6 Å². The number of nitrogens with one attached hydrogen (secondary N) is 3. The molecule has 0 bridgehead atoms. The first-order valence-corrected chi connectivity index (χ1v) is 21.2. The Morgan fingerprint density at radius 3 is 1.64 bits per heavy atom. The van der Waals surface area contributed by atoms with Gasteiger partial charge in [-0.15, -0.1) is 0 Å². The highest BCUT2D eigenvalue weighted by atomic mass is 32.2. The van der Waals surface area contributed by atoms with Crippen molar-refractivity contribution < 1.29 is 48.5 Å². The number of rotatable bonds is 11. The first kappa shape index (κ1) is 41.9. The Bertz CT molecular complexity index is 3050. The lowest BCUT2D eigenvalue weighted by atomic mass is 10.1. The standard InChI is InChI=1S/C38H31N7O11S3/c1-22-18-27(41-38(47)40-25-10-14-30(15-11-25)57(48,49)50)12-16-33(22)45-43-28-13-17-34(23(2)19-28)44-42-26-8-6-24(7-9-26)37(46)39-29-20-32-31(36(21-29)59(54,55)56)4-3-5-35(32)58(51,52)53/h3-21H,1-2H3,(H,39,46)(H2,40,41,47)(H,48,49,50)(H,51,52,53)(H,54,55,56). The van der Waals surface area contributed by atoms with Crippen molar-refractivity contribution in [2.24, 2.45) is 20.5 Å². The lowest BCUT2D eigenvalue weighted by Crippen LogP contribution is -2.19. The zero-order chi connectivity index (χ0) is 42.7. The number of fused-ring (bicyclic) bond motifs is 1. The number of aryl methyl sites for hydroxylation is 2. The molecule has 302 valence electrons. The van der Waals surface area contributed by atoms with Gasteiger partial charge in [0.2, 0.25) is 0 Å². The quantitative estimate of drug-likeness (QED) is 0.0528. The van der Waals surface area contributed by atoms with Crippen LogP contribution >= 0.6 is 0 Å². The molecule has 0 radical (unpaired) electrons. The molecule has 0 spiro atoms. The molecule has 59 heavy (non-hydrogen) atoms. The zero-order valence-electron chi connectivity index (χ0n) is 30.6. The van der Waals surface area contributed by atoms with E-state index in [-0.39, 0.29) is 26.9 Å². The third-order valence-corrected chi connectivity index (χ3v) is 11.1. The number of nitrogens with zero attached hydrogens (tertiary/aromatic N) is 4. The number of hydrogen-bond acceptors (Lipinski definition) is 12. The number of hydrogen-bond donors (Lipinski definition) is 6. The molecule has 6 N–H and O–H groups in total. The molecule has 0 heterocycles. The molecular weight excluding hydrogens is 827 g/mol. The van der Waals surface area contributed by atoms with Crippen LogP contribution in [0.15, 0.2) is 150 Å². The number of azo groups is 2. The summed E-state index contributed by atoms with van der Waals surface area (Å²) in [6.07, 6.45) is 0. The highest BCUT2D eigenvalue weighted by Gasteiger charge is 2.22. The van der Waals surface area contributed by atoms with Gasteiger partial charge in [0.1, 0.15) is 9.79 Å². The maximum Gasteiger partial charge on any atom is 0.323 e. The van der Waals surface area contributed by atoms with Crippen molar-refractivity contribution in [3.05, 3.63) is 132 Å². The van der Waals surface area contributed by atoms with E-state index in [0.717, 1.165) is 35.9 Å². The minimum Gasteiger partial charge on any atom is -0.322 e. The average molecular weight is 858 g/mol. The summed E-state index contributed by atoms with van der Waals surface area (Å²) in [5, 5.41) is 24.4. The second kappa shape index (κ2) is 16.6. The molecule has 6 aromatic rings. The summed E-state index contributed by atoms with van der Waals surface area (Å²) >= 11 is 0. The Balaban J connectivity index is 1.08. The van der Waals surface area contributed by atoms with Crippen molar-refractivity contribution in [3.63, 3.8) is 0 Å². The highest BCUT2D eigenvalue weighted by Crippen LogP contribution is 2.33. The van der Waals surface area contributed by atoms with Crippen LogP contribution < -0.4 is 16.0 Å². The largest absolute Gasteiger partial charge is 0.323 e. The average Bonchev–Trinajstić information content (AvgIpc) is 3.16. The fraction of sp³-hybridized carbons (Fsp3) is 0.0526. The molecule has 0 unspecified atom stereocenters. The maximum absolute atomic E-state index is 13.1. The summed E-state index contributed by atoms with van der Waals surface area (Å²) in [7, 11) is -14.0. The third-order valence-electron chi connectivity index (χ3n) is 8.45. The van der Waals surface area contributed by atoms with E-state index in [1.54, 1.807) is 50.2 Å². The van der Waals surface area contributed by atoms with Crippen molar-refractivity contribution in [2.75, 3.05) is 16.0 Å². The number of carbonyl (C=O) groups excluding carboxylic acids is 2. The fourth-order valence-corrected chi connectivity index (χ4v) is 7.51. The van der Waals surface area contributed by atoms with Crippen LogP contribution in [0, 0.1) is 13.8 Å². The molecule has 6 rings (SSSR count). The van der Waals surface area contributed by atoms with Crippen molar-refractivity contribution in [3.8, 4) is 0 Å². The first-order chi connectivity index (χ1) is 27.7. The number of urea groups is 1. The van der Waals surface area contributed by atoms with E-state index >= 15 is 0 Å². The predicted octanol–water partition coefficient (Wildman–Crippen LogP) is 8.92. The van der Waals surface area contributed by atoms with Crippen molar-refractivity contribution in [1.29, 1.82) is 0 Å². The summed E-state index contributed by atoms with van der Waals surface area (Å²) < 4.78 is 99.1. The van der Waals surface area contributed by atoms with Gasteiger partial charge in [-0.3, -0.25) is 18.5 Å². The number of carbonyl (C=O) groups is 2. The van der Waals surface area contributed by atoms with Crippen LogP contribution in [-0.4, -0.2) is 50.8 Å². The minimum absolute atomic E-state index is 0.127. The van der Waals surface area contributed by atoms with Crippen molar-refractivity contribution in [1.82, 2.24) is 0 Å². The van der Waals surface area contributed by atoms with Crippen LogP contribution in [0.5, 0.6) is 0 Å². The Kier molecular flexibility index (Phi) is 11.8. The molecule has 0 saturated heterocycles. The molecule has 0 saturated carbocycles. The minimum atomic E-state index is -4.87. The lowest BCUT2D eigenvalue weighted by Gasteiger charge is -2.12.